The number of carbonyl (C=O) groups is 2. The molecule has 2 aliphatic rings. The summed E-state index contributed by atoms with van der Waals surface area (Å²) in [6.45, 7) is 5.68. The van der Waals surface area contributed by atoms with Crippen LogP contribution in [-0.4, -0.2) is 73.8 Å². The Hall–Kier alpha value is -3.46. The van der Waals surface area contributed by atoms with Crippen molar-refractivity contribution in [3.05, 3.63) is 47.5 Å². The number of amides is 1. The van der Waals surface area contributed by atoms with Gasteiger partial charge in [-0.25, -0.2) is 0 Å². The summed E-state index contributed by atoms with van der Waals surface area (Å²) in [4.78, 5) is 31.4. The summed E-state index contributed by atoms with van der Waals surface area (Å²) in [5.74, 6) is 0.780. The van der Waals surface area contributed by atoms with Gasteiger partial charge in [0.15, 0.2) is 11.6 Å². The number of carbonyl (C=O) groups excluding carboxylic acids is 2. The summed E-state index contributed by atoms with van der Waals surface area (Å²) in [6, 6.07) is 11.8. The van der Waals surface area contributed by atoms with Gasteiger partial charge in [0.25, 0.3) is 0 Å². The molecule has 2 aliphatic heterocycles. The highest BCUT2D eigenvalue weighted by Gasteiger charge is 2.26. The normalized spacial score (nSPS) is 16.8. The van der Waals surface area contributed by atoms with Crippen molar-refractivity contribution in [2.24, 2.45) is 5.10 Å². The zero-order valence-corrected chi connectivity index (χ0v) is 18.1. The minimum atomic E-state index is -0.151. The molecule has 1 aromatic carbocycles. The van der Waals surface area contributed by atoms with Crippen molar-refractivity contribution in [2.75, 3.05) is 56.3 Å². The van der Waals surface area contributed by atoms with Gasteiger partial charge in [0, 0.05) is 30.9 Å². The number of morpholine rings is 1. The van der Waals surface area contributed by atoms with Gasteiger partial charge in [-0.1, -0.05) is 29.8 Å². The minimum absolute atomic E-state index is 0.0161. The van der Waals surface area contributed by atoms with Crippen molar-refractivity contribution < 1.29 is 19.1 Å². The molecule has 1 amide bonds. The highest BCUT2D eigenvalue weighted by Crippen LogP contribution is 2.25. The predicted octanol–water partition coefficient (Wildman–Crippen LogP) is 1.85. The number of rotatable bonds is 8. The number of Topliss-reactive ketones (excluding diaryl/α,β-unsaturated/α-hetero) is 1. The van der Waals surface area contributed by atoms with Crippen molar-refractivity contribution in [2.45, 2.75) is 13.3 Å². The lowest BCUT2D eigenvalue weighted by molar-refractivity contribution is -0.128. The van der Waals surface area contributed by atoms with Gasteiger partial charge in [0.2, 0.25) is 11.8 Å². The SMILES string of the molecule is Cc1cccc(/C=N/Nc2cc(N3CCOCC3)cc(OCCN3CC(=O)CC3=O)n2)c1. The predicted molar refractivity (Wildman–Crippen MR) is 121 cm³/mol. The second-order valence-corrected chi connectivity index (χ2v) is 7.81. The number of anilines is 2. The molecule has 32 heavy (non-hydrogen) atoms. The highest BCUT2D eigenvalue weighted by atomic mass is 16.5. The third-order valence-corrected chi connectivity index (χ3v) is 5.28. The monoisotopic (exact) mass is 437 g/mol. The van der Waals surface area contributed by atoms with Gasteiger partial charge in [0.1, 0.15) is 6.61 Å². The molecule has 1 aromatic heterocycles. The topological polar surface area (TPSA) is 96.4 Å². The molecule has 2 aromatic rings. The number of ether oxygens (including phenoxy) is 2. The zero-order valence-electron chi connectivity index (χ0n) is 18.1. The lowest BCUT2D eigenvalue weighted by atomic mass is 10.2. The van der Waals surface area contributed by atoms with E-state index in [1.807, 2.05) is 43.3 Å². The average Bonchev–Trinajstić information content (AvgIpc) is 3.11. The van der Waals surface area contributed by atoms with Crippen molar-refractivity contribution >= 4 is 29.4 Å². The van der Waals surface area contributed by atoms with E-state index in [1.54, 1.807) is 6.21 Å². The fourth-order valence-corrected chi connectivity index (χ4v) is 3.65. The summed E-state index contributed by atoms with van der Waals surface area (Å²) in [5, 5.41) is 4.32. The third kappa shape index (κ3) is 5.82. The van der Waals surface area contributed by atoms with Gasteiger partial charge < -0.3 is 19.3 Å². The highest BCUT2D eigenvalue weighted by molar-refractivity contribution is 6.05. The number of ketones is 1. The Labute approximate surface area is 187 Å². The molecular formula is C23H27N5O4. The van der Waals surface area contributed by atoms with Crippen LogP contribution in [0.3, 0.4) is 0 Å². The number of aromatic nitrogens is 1. The van der Waals surface area contributed by atoms with Crippen LogP contribution >= 0.6 is 0 Å². The molecule has 1 N–H and O–H groups in total. The smallest absolute Gasteiger partial charge is 0.230 e. The Balaban J connectivity index is 1.44. The summed E-state index contributed by atoms with van der Waals surface area (Å²) < 4.78 is 11.3. The summed E-state index contributed by atoms with van der Waals surface area (Å²) in [7, 11) is 0. The van der Waals surface area contributed by atoms with Crippen LogP contribution in [0.4, 0.5) is 11.5 Å². The maximum absolute atomic E-state index is 11.8. The van der Waals surface area contributed by atoms with Crippen molar-refractivity contribution in [1.82, 2.24) is 9.88 Å². The summed E-state index contributed by atoms with van der Waals surface area (Å²) in [6.07, 6.45) is 1.73. The van der Waals surface area contributed by atoms with E-state index >= 15 is 0 Å². The van der Waals surface area contributed by atoms with Crippen LogP contribution in [0.5, 0.6) is 5.88 Å². The fourth-order valence-electron chi connectivity index (χ4n) is 3.65. The van der Waals surface area contributed by atoms with Crippen LogP contribution in [0.2, 0.25) is 0 Å². The molecule has 0 bridgehead atoms. The van der Waals surface area contributed by atoms with Gasteiger partial charge >= 0.3 is 0 Å². The maximum Gasteiger partial charge on any atom is 0.230 e. The average molecular weight is 438 g/mol. The molecule has 0 unspecified atom stereocenters. The first-order chi connectivity index (χ1) is 15.6. The van der Waals surface area contributed by atoms with E-state index in [-0.39, 0.29) is 31.3 Å². The molecule has 0 radical (unpaired) electrons. The Morgan fingerprint density at radius 3 is 2.81 bits per heavy atom. The Kier molecular flexibility index (Phi) is 6.96. The van der Waals surface area contributed by atoms with E-state index in [0.29, 0.717) is 31.5 Å². The van der Waals surface area contributed by atoms with Crippen molar-refractivity contribution in [3.8, 4) is 5.88 Å². The first kappa shape index (κ1) is 21.8. The lowest BCUT2D eigenvalue weighted by Crippen LogP contribution is -2.36. The third-order valence-electron chi connectivity index (χ3n) is 5.28. The standard InChI is InChI=1S/C23H27N5O4/c1-17-3-2-4-18(11-17)15-24-26-21-12-19(27-5-8-31-9-6-27)13-22(25-21)32-10-7-28-16-20(29)14-23(28)30/h2-4,11-13,15H,5-10,14,16H2,1H3,(H,25,26)/b24-15+. The molecule has 168 valence electrons. The van der Waals surface area contributed by atoms with Crippen molar-refractivity contribution in [1.29, 1.82) is 0 Å². The summed E-state index contributed by atoms with van der Waals surface area (Å²) in [5.41, 5.74) is 6.10. The van der Waals surface area contributed by atoms with E-state index < -0.39 is 0 Å². The molecule has 3 heterocycles. The number of hydrogen-bond donors (Lipinski definition) is 1. The molecule has 0 aliphatic carbocycles. The lowest BCUT2D eigenvalue weighted by Gasteiger charge is -2.29. The number of hydrogen-bond acceptors (Lipinski definition) is 8. The number of aryl methyl sites for hydroxylation is 1. The Morgan fingerprint density at radius 2 is 2.06 bits per heavy atom. The second-order valence-electron chi connectivity index (χ2n) is 7.81. The van der Waals surface area contributed by atoms with Crippen LogP contribution in [0.1, 0.15) is 17.5 Å². The molecule has 0 saturated carbocycles. The number of pyridine rings is 1. The van der Waals surface area contributed by atoms with Gasteiger partial charge in [-0.3, -0.25) is 15.0 Å². The second kappa shape index (κ2) is 10.2. The van der Waals surface area contributed by atoms with E-state index in [2.05, 4.69) is 20.4 Å². The molecule has 0 spiro atoms. The number of likely N-dealkylation sites (tertiary alicyclic amines) is 1. The zero-order chi connectivity index (χ0) is 22.3. The molecular weight excluding hydrogens is 410 g/mol. The number of nitrogens with one attached hydrogen (secondary N) is 1. The largest absolute Gasteiger partial charge is 0.476 e. The van der Waals surface area contributed by atoms with Crippen LogP contribution in [0, 0.1) is 6.92 Å². The minimum Gasteiger partial charge on any atom is -0.476 e. The molecule has 9 nitrogen and oxygen atoms in total. The first-order valence-corrected chi connectivity index (χ1v) is 10.7. The van der Waals surface area contributed by atoms with E-state index in [0.717, 1.165) is 29.9 Å². The molecule has 2 saturated heterocycles. The van der Waals surface area contributed by atoms with Gasteiger partial charge in [0.05, 0.1) is 38.9 Å². The fraction of sp³-hybridized carbons (Fsp3) is 0.391. The van der Waals surface area contributed by atoms with E-state index in [1.165, 1.54) is 4.90 Å². The molecule has 0 atom stereocenters. The Morgan fingerprint density at radius 1 is 1.22 bits per heavy atom. The maximum atomic E-state index is 11.8. The van der Waals surface area contributed by atoms with Crippen LogP contribution in [-0.2, 0) is 14.3 Å². The van der Waals surface area contributed by atoms with Crippen LogP contribution in [0.25, 0.3) is 0 Å². The van der Waals surface area contributed by atoms with E-state index in [9.17, 15) is 9.59 Å². The first-order valence-electron chi connectivity index (χ1n) is 10.7. The number of nitrogens with zero attached hydrogens (tertiary/aromatic N) is 4. The van der Waals surface area contributed by atoms with E-state index in [4.69, 9.17) is 9.47 Å². The number of benzene rings is 1. The number of hydrazone groups is 1. The van der Waals surface area contributed by atoms with Crippen LogP contribution in [0.15, 0.2) is 41.5 Å². The van der Waals surface area contributed by atoms with Gasteiger partial charge in [-0.2, -0.15) is 10.1 Å². The Bertz CT molecular complexity index is 1000. The van der Waals surface area contributed by atoms with Crippen molar-refractivity contribution in [3.63, 3.8) is 0 Å². The van der Waals surface area contributed by atoms with Gasteiger partial charge in [-0.05, 0) is 12.5 Å². The quantitative estimate of drug-likeness (QED) is 0.382. The molecule has 9 heteroatoms. The molecule has 4 rings (SSSR count). The molecule has 2 fully saturated rings. The van der Waals surface area contributed by atoms with Crippen LogP contribution < -0.4 is 15.1 Å². The summed E-state index contributed by atoms with van der Waals surface area (Å²) >= 11 is 0. The van der Waals surface area contributed by atoms with Gasteiger partial charge in [-0.15, -0.1) is 0 Å².